The van der Waals surface area contributed by atoms with Crippen molar-refractivity contribution in [3.63, 3.8) is 0 Å². The van der Waals surface area contributed by atoms with E-state index in [0.29, 0.717) is 0 Å². The number of hydrogen-bond donors (Lipinski definition) is 2. The molecule has 1 aliphatic rings. The van der Waals surface area contributed by atoms with E-state index >= 15 is 0 Å². The summed E-state index contributed by atoms with van der Waals surface area (Å²) in [6.07, 6.45) is 4.08. The SMILES string of the molecule is CC1(C)C[C-](NC=O)C(Cc2ccccc2)C(NC=O)C1.[CH3-].[CH3-].[Ti+3]. The third-order valence-corrected chi connectivity index (χ3v) is 4.20. The van der Waals surface area contributed by atoms with E-state index in [-0.39, 0.29) is 53.9 Å². The van der Waals surface area contributed by atoms with Crippen LogP contribution < -0.4 is 10.6 Å². The minimum Gasteiger partial charge on any atom is -0.505 e. The average Bonchev–Trinajstić information content (AvgIpc) is 2.43. The minimum atomic E-state index is 0. The van der Waals surface area contributed by atoms with Crippen LogP contribution in [0, 0.1) is 32.2 Å². The van der Waals surface area contributed by atoms with Gasteiger partial charge in [-0.15, -0.1) is 5.92 Å². The van der Waals surface area contributed by atoms with Gasteiger partial charge in [-0.1, -0.05) is 55.2 Å². The molecule has 0 saturated heterocycles. The standard InChI is InChI=1S/C17H23N2O2.2CH3.Ti/c1-17(2)9-15(18-11-20)14(16(10-17)19-12-21)8-13-6-4-3-5-7-13;;;/h3-7,11-12,14-15H,8-10H2,1-2H3,(H,18,20)(H,19,21);2*1H3;/q3*-1;+3. The molecule has 0 bridgehead atoms. The molecule has 0 spiro atoms. The van der Waals surface area contributed by atoms with Gasteiger partial charge in [-0.05, 0) is 12.8 Å². The molecular weight excluding hydrogens is 336 g/mol. The van der Waals surface area contributed by atoms with E-state index < -0.39 is 0 Å². The van der Waals surface area contributed by atoms with Gasteiger partial charge in [-0.3, -0.25) is 9.59 Å². The zero-order valence-electron chi connectivity index (χ0n) is 15.1. The first kappa shape index (κ1) is 25.1. The van der Waals surface area contributed by atoms with Crippen LogP contribution in [-0.2, 0) is 37.7 Å². The van der Waals surface area contributed by atoms with E-state index in [1.54, 1.807) is 0 Å². The molecule has 2 amide bonds. The number of nitrogens with one attached hydrogen (secondary N) is 2. The summed E-state index contributed by atoms with van der Waals surface area (Å²) in [6.45, 7) is 4.33. The summed E-state index contributed by atoms with van der Waals surface area (Å²) in [5, 5.41) is 5.82. The Bertz CT molecular complexity index is 458. The maximum atomic E-state index is 10.9. The number of hydrogen-bond acceptors (Lipinski definition) is 2. The van der Waals surface area contributed by atoms with Crippen LogP contribution >= 0.6 is 0 Å². The number of benzene rings is 1. The summed E-state index contributed by atoms with van der Waals surface area (Å²) >= 11 is 0. The van der Waals surface area contributed by atoms with Crippen molar-refractivity contribution in [1.29, 1.82) is 0 Å². The number of carbonyl (C=O) groups is 2. The van der Waals surface area contributed by atoms with E-state index in [2.05, 4.69) is 36.6 Å². The van der Waals surface area contributed by atoms with Crippen LogP contribution in [0.4, 0.5) is 0 Å². The van der Waals surface area contributed by atoms with Crippen LogP contribution in [0.1, 0.15) is 32.3 Å². The van der Waals surface area contributed by atoms with E-state index in [0.717, 1.165) is 38.1 Å². The molecule has 5 heteroatoms. The van der Waals surface area contributed by atoms with Gasteiger partial charge < -0.3 is 25.5 Å². The van der Waals surface area contributed by atoms with Crippen LogP contribution in [0.2, 0.25) is 0 Å². The first-order chi connectivity index (χ1) is 10.1. The number of rotatable bonds is 6. The predicted molar refractivity (Wildman–Crippen MR) is 94.9 cm³/mol. The van der Waals surface area contributed by atoms with Crippen molar-refractivity contribution < 1.29 is 31.3 Å². The second kappa shape index (κ2) is 11.4. The van der Waals surface area contributed by atoms with Gasteiger partial charge in [-0.25, -0.2) is 6.04 Å². The van der Waals surface area contributed by atoms with E-state index in [1.165, 1.54) is 5.56 Å². The van der Waals surface area contributed by atoms with Crippen LogP contribution in [0.15, 0.2) is 30.3 Å². The Morgan fingerprint density at radius 3 is 2.33 bits per heavy atom. The minimum absolute atomic E-state index is 0. The van der Waals surface area contributed by atoms with Gasteiger partial charge in [0.05, 0.1) is 0 Å². The van der Waals surface area contributed by atoms with Crippen molar-refractivity contribution in [3.05, 3.63) is 56.8 Å². The van der Waals surface area contributed by atoms with Gasteiger partial charge in [0, 0.05) is 6.04 Å². The van der Waals surface area contributed by atoms with Crippen molar-refractivity contribution in [2.24, 2.45) is 11.3 Å². The number of amides is 2. The topological polar surface area (TPSA) is 58.2 Å². The van der Waals surface area contributed by atoms with Crippen molar-refractivity contribution in [2.75, 3.05) is 0 Å². The Hall–Kier alpha value is -1.13. The predicted octanol–water partition coefficient (Wildman–Crippen LogP) is 2.96. The third kappa shape index (κ3) is 6.78. The molecule has 1 radical (unpaired) electrons. The quantitative estimate of drug-likeness (QED) is 0.463. The summed E-state index contributed by atoms with van der Waals surface area (Å²) < 4.78 is 0. The van der Waals surface area contributed by atoms with Gasteiger partial charge in [0.1, 0.15) is 0 Å². The Morgan fingerprint density at radius 1 is 1.17 bits per heavy atom. The summed E-state index contributed by atoms with van der Waals surface area (Å²) in [5.74, 6) is 0.135. The maximum Gasteiger partial charge on any atom is 3.00 e. The first-order valence-electron chi connectivity index (χ1n) is 7.35. The van der Waals surface area contributed by atoms with Gasteiger partial charge in [-0.2, -0.15) is 6.42 Å². The van der Waals surface area contributed by atoms with E-state index in [4.69, 9.17) is 0 Å². The molecule has 2 unspecified atom stereocenters. The fourth-order valence-corrected chi connectivity index (χ4v) is 3.33. The van der Waals surface area contributed by atoms with E-state index in [9.17, 15) is 9.59 Å². The van der Waals surface area contributed by atoms with Gasteiger partial charge in [0.15, 0.2) is 6.41 Å². The molecule has 131 valence electrons. The molecular formula is C19H29N2O2Ti. The first-order valence-corrected chi connectivity index (χ1v) is 7.35. The zero-order valence-corrected chi connectivity index (χ0v) is 16.7. The summed E-state index contributed by atoms with van der Waals surface area (Å²) in [4.78, 5) is 21.9. The molecule has 2 rings (SSSR count). The van der Waals surface area contributed by atoms with Crippen molar-refractivity contribution in [3.8, 4) is 0 Å². The molecule has 1 aromatic rings. The molecule has 2 N–H and O–H groups in total. The molecule has 1 aliphatic carbocycles. The molecule has 1 aromatic carbocycles. The van der Waals surface area contributed by atoms with Crippen LogP contribution in [0.25, 0.3) is 0 Å². The smallest absolute Gasteiger partial charge is 0.505 e. The molecule has 1 fully saturated rings. The molecule has 0 aliphatic heterocycles. The summed E-state index contributed by atoms with van der Waals surface area (Å²) in [7, 11) is 0. The fourth-order valence-electron chi connectivity index (χ4n) is 3.33. The normalized spacial score (nSPS) is 21.9. The van der Waals surface area contributed by atoms with Crippen LogP contribution in [0.3, 0.4) is 0 Å². The molecule has 1 saturated carbocycles. The zero-order chi connectivity index (χ0) is 15.3. The van der Waals surface area contributed by atoms with E-state index in [1.807, 2.05) is 18.2 Å². The summed E-state index contributed by atoms with van der Waals surface area (Å²) in [6, 6.07) is 11.2. The van der Waals surface area contributed by atoms with Gasteiger partial charge >= 0.3 is 21.7 Å². The Kier molecular flexibility index (Phi) is 12.0. The van der Waals surface area contributed by atoms with Gasteiger partial charge in [0.25, 0.3) is 0 Å². The molecule has 0 aromatic heterocycles. The summed E-state index contributed by atoms with van der Waals surface area (Å²) in [5.41, 5.74) is 1.28. The van der Waals surface area contributed by atoms with Crippen molar-refractivity contribution >= 4 is 12.8 Å². The Morgan fingerprint density at radius 2 is 1.79 bits per heavy atom. The molecule has 4 nitrogen and oxygen atoms in total. The van der Waals surface area contributed by atoms with Crippen molar-refractivity contribution in [1.82, 2.24) is 10.6 Å². The Labute approximate surface area is 162 Å². The third-order valence-electron chi connectivity index (χ3n) is 4.20. The Balaban J connectivity index is 0. The molecule has 24 heavy (non-hydrogen) atoms. The maximum absolute atomic E-state index is 10.9. The average molecular weight is 365 g/mol. The second-order valence-electron chi connectivity index (χ2n) is 6.52. The van der Waals surface area contributed by atoms with Gasteiger partial charge in [0.2, 0.25) is 6.41 Å². The molecule has 2 atom stereocenters. The monoisotopic (exact) mass is 365 g/mol. The van der Waals surface area contributed by atoms with Crippen molar-refractivity contribution in [2.45, 2.75) is 39.2 Å². The second-order valence-corrected chi connectivity index (χ2v) is 6.52. The number of carbonyl (C=O) groups excluding carboxylic acids is 2. The van der Waals surface area contributed by atoms with Crippen LogP contribution in [0.5, 0.6) is 0 Å². The van der Waals surface area contributed by atoms with Crippen LogP contribution in [-0.4, -0.2) is 18.9 Å². The fraction of sp³-hybridized carbons (Fsp3) is 0.421. The largest absolute Gasteiger partial charge is 3.00 e. The molecule has 0 heterocycles.